The van der Waals surface area contributed by atoms with E-state index in [-0.39, 0.29) is 0 Å². The van der Waals surface area contributed by atoms with Crippen molar-refractivity contribution in [3.05, 3.63) is 22.8 Å². The van der Waals surface area contributed by atoms with Crippen molar-refractivity contribution in [2.24, 2.45) is 29.1 Å². The average Bonchev–Trinajstić information content (AvgIpc) is 2.87. The molecule has 21 heavy (non-hydrogen) atoms. The Morgan fingerprint density at radius 3 is 2.67 bits per heavy atom. The fraction of sp³-hybridized carbons (Fsp3) is 0.750. The summed E-state index contributed by atoms with van der Waals surface area (Å²) in [4.78, 5) is 12.2. The lowest BCUT2D eigenvalue weighted by molar-refractivity contribution is -0.115. The van der Waals surface area contributed by atoms with E-state index in [4.69, 9.17) is 0 Å². The monoisotopic (exact) mass is 286 g/mol. The molecule has 1 saturated carbocycles. The molecule has 3 rings (SSSR count). The number of rotatable bonds is 1. The Labute approximate surface area is 129 Å². The molecule has 0 aromatic carbocycles. The van der Waals surface area contributed by atoms with Crippen LogP contribution in [0.3, 0.4) is 0 Å². The molecule has 0 unspecified atom stereocenters. The average molecular weight is 286 g/mol. The zero-order chi connectivity index (χ0) is 15.4. The van der Waals surface area contributed by atoms with Crippen LogP contribution in [0, 0.1) is 29.1 Å². The molecule has 4 atom stereocenters. The fourth-order valence-electron chi connectivity index (χ4n) is 5.36. The van der Waals surface area contributed by atoms with Crippen LogP contribution >= 0.6 is 0 Å². The standard InChI is InChI=1S/C20H30O/c1-12(2)15-8-9-20(5)11-17-14(4)19(21)10-16(17)13(3)6-7-18(15)20/h6,12,15-16,18H,7-11H2,1-5H3/b13-6-/t15-,16-,18+,20-/m0/s1. The van der Waals surface area contributed by atoms with Crippen LogP contribution in [0.5, 0.6) is 0 Å². The molecule has 0 saturated heterocycles. The highest BCUT2D eigenvalue weighted by Crippen LogP contribution is 2.57. The highest BCUT2D eigenvalue weighted by Gasteiger charge is 2.48. The molecule has 0 aromatic rings. The normalized spacial score (nSPS) is 42.5. The zero-order valence-electron chi connectivity index (χ0n) is 14.3. The number of carbonyl (C=O) groups excluding carboxylic acids is 1. The summed E-state index contributed by atoms with van der Waals surface area (Å²) in [5.74, 6) is 3.25. The molecule has 116 valence electrons. The smallest absolute Gasteiger partial charge is 0.159 e. The molecule has 3 aliphatic carbocycles. The second-order valence-corrected chi connectivity index (χ2v) is 8.40. The lowest BCUT2D eigenvalue weighted by Gasteiger charge is -2.39. The Hall–Kier alpha value is -0.850. The minimum absolute atomic E-state index is 0.392. The number of fused-ring (bicyclic) bond motifs is 2. The maximum atomic E-state index is 12.2. The van der Waals surface area contributed by atoms with Gasteiger partial charge in [0.2, 0.25) is 0 Å². The van der Waals surface area contributed by atoms with Crippen LogP contribution in [0.2, 0.25) is 0 Å². The molecule has 0 aliphatic heterocycles. The molecule has 1 nitrogen and oxygen atoms in total. The number of carbonyl (C=O) groups is 1. The predicted octanol–water partition coefficient (Wildman–Crippen LogP) is 5.32. The number of ketones is 1. The molecule has 0 radical (unpaired) electrons. The van der Waals surface area contributed by atoms with Gasteiger partial charge in [-0.15, -0.1) is 0 Å². The molecule has 0 heterocycles. The molecule has 3 aliphatic rings. The van der Waals surface area contributed by atoms with Gasteiger partial charge in [-0.25, -0.2) is 0 Å². The summed E-state index contributed by atoms with van der Waals surface area (Å²) < 4.78 is 0. The van der Waals surface area contributed by atoms with Gasteiger partial charge in [0.25, 0.3) is 0 Å². The van der Waals surface area contributed by atoms with Gasteiger partial charge >= 0.3 is 0 Å². The lowest BCUT2D eigenvalue weighted by Crippen LogP contribution is -2.30. The number of allylic oxidation sites excluding steroid dienone is 4. The van der Waals surface area contributed by atoms with Gasteiger partial charge in [-0.1, -0.05) is 38.0 Å². The summed E-state index contributed by atoms with van der Waals surface area (Å²) in [5.41, 5.74) is 4.42. The van der Waals surface area contributed by atoms with Crippen LogP contribution in [-0.2, 0) is 4.79 Å². The van der Waals surface area contributed by atoms with E-state index >= 15 is 0 Å². The van der Waals surface area contributed by atoms with Gasteiger partial charge in [0.05, 0.1) is 0 Å². The Bertz CT molecular complexity index is 522. The van der Waals surface area contributed by atoms with E-state index in [9.17, 15) is 4.79 Å². The van der Waals surface area contributed by atoms with E-state index in [1.165, 1.54) is 30.4 Å². The van der Waals surface area contributed by atoms with Crippen LogP contribution in [0.1, 0.15) is 66.7 Å². The van der Waals surface area contributed by atoms with Gasteiger partial charge in [-0.2, -0.15) is 0 Å². The zero-order valence-corrected chi connectivity index (χ0v) is 14.3. The van der Waals surface area contributed by atoms with Crippen LogP contribution in [0.4, 0.5) is 0 Å². The molecule has 0 N–H and O–H groups in total. The van der Waals surface area contributed by atoms with Crippen LogP contribution < -0.4 is 0 Å². The van der Waals surface area contributed by atoms with Crippen molar-refractivity contribution in [2.45, 2.75) is 66.7 Å². The highest BCUT2D eigenvalue weighted by molar-refractivity contribution is 5.99. The number of hydrogen-bond donors (Lipinski definition) is 0. The van der Waals surface area contributed by atoms with Crippen molar-refractivity contribution in [3.8, 4) is 0 Å². The van der Waals surface area contributed by atoms with E-state index in [0.29, 0.717) is 17.1 Å². The van der Waals surface area contributed by atoms with Crippen LogP contribution in [0.25, 0.3) is 0 Å². The quantitative estimate of drug-likeness (QED) is 0.596. The van der Waals surface area contributed by atoms with Crippen LogP contribution in [0.15, 0.2) is 22.8 Å². The molecular weight excluding hydrogens is 256 g/mol. The minimum Gasteiger partial charge on any atom is -0.295 e. The van der Waals surface area contributed by atoms with Gasteiger partial charge in [-0.05, 0) is 68.3 Å². The van der Waals surface area contributed by atoms with Crippen molar-refractivity contribution in [3.63, 3.8) is 0 Å². The third-order valence-electron chi connectivity index (χ3n) is 6.86. The molecule has 1 fully saturated rings. The number of Topliss-reactive ketones (excluding diaryl/α,β-unsaturated/α-hetero) is 1. The second-order valence-electron chi connectivity index (χ2n) is 8.40. The second kappa shape index (κ2) is 5.11. The Morgan fingerprint density at radius 2 is 2.00 bits per heavy atom. The summed E-state index contributed by atoms with van der Waals surface area (Å²) in [6, 6.07) is 0. The summed E-state index contributed by atoms with van der Waals surface area (Å²) in [6.45, 7) is 11.6. The van der Waals surface area contributed by atoms with E-state index in [1.54, 1.807) is 0 Å². The first-order chi connectivity index (χ1) is 9.83. The molecule has 0 aromatic heterocycles. The van der Waals surface area contributed by atoms with Crippen molar-refractivity contribution in [1.29, 1.82) is 0 Å². The summed E-state index contributed by atoms with van der Waals surface area (Å²) >= 11 is 0. The Morgan fingerprint density at radius 1 is 1.29 bits per heavy atom. The van der Waals surface area contributed by atoms with E-state index in [2.05, 4.69) is 40.7 Å². The maximum Gasteiger partial charge on any atom is 0.159 e. The maximum absolute atomic E-state index is 12.2. The largest absolute Gasteiger partial charge is 0.295 e. The molecule has 0 spiro atoms. The van der Waals surface area contributed by atoms with Crippen molar-refractivity contribution < 1.29 is 4.79 Å². The molecular formula is C20H30O. The van der Waals surface area contributed by atoms with Crippen molar-refractivity contribution >= 4 is 5.78 Å². The van der Waals surface area contributed by atoms with E-state index < -0.39 is 0 Å². The molecule has 1 heteroatoms. The fourth-order valence-corrected chi connectivity index (χ4v) is 5.36. The Balaban J connectivity index is 2.01. The first-order valence-electron chi connectivity index (χ1n) is 8.73. The summed E-state index contributed by atoms with van der Waals surface area (Å²) in [6.07, 6.45) is 8.30. The highest BCUT2D eigenvalue weighted by atomic mass is 16.1. The van der Waals surface area contributed by atoms with Gasteiger partial charge in [0, 0.05) is 12.3 Å². The van der Waals surface area contributed by atoms with Gasteiger partial charge in [-0.3, -0.25) is 4.79 Å². The van der Waals surface area contributed by atoms with Gasteiger partial charge < -0.3 is 0 Å². The molecule has 0 amide bonds. The Kier molecular flexibility index (Phi) is 3.66. The van der Waals surface area contributed by atoms with E-state index in [0.717, 1.165) is 36.2 Å². The van der Waals surface area contributed by atoms with Crippen molar-refractivity contribution in [1.82, 2.24) is 0 Å². The SMILES string of the molecule is CC1=C2C[C@]3(C)CC[C@@H](C(C)C)[C@H]3C/C=C(/C)[C@@H]2CC1=O. The van der Waals surface area contributed by atoms with Gasteiger partial charge in [0.15, 0.2) is 5.78 Å². The summed E-state index contributed by atoms with van der Waals surface area (Å²) in [5, 5.41) is 0. The summed E-state index contributed by atoms with van der Waals surface area (Å²) in [7, 11) is 0. The van der Waals surface area contributed by atoms with E-state index in [1.807, 2.05) is 0 Å². The molecule has 0 bridgehead atoms. The van der Waals surface area contributed by atoms with Gasteiger partial charge in [0.1, 0.15) is 0 Å². The third-order valence-corrected chi connectivity index (χ3v) is 6.86. The topological polar surface area (TPSA) is 17.1 Å². The first kappa shape index (κ1) is 15.1. The van der Waals surface area contributed by atoms with Crippen LogP contribution in [-0.4, -0.2) is 5.78 Å². The van der Waals surface area contributed by atoms with Crippen molar-refractivity contribution in [2.75, 3.05) is 0 Å². The lowest BCUT2D eigenvalue weighted by atomic mass is 9.66. The predicted molar refractivity (Wildman–Crippen MR) is 88.0 cm³/mol. The first-order valence-corrected chi connectivity index (χ1v) is 8.73. The third kappa shape index (κ3) is 2.33. The number of hydrogen-bond acceptors (Lipinski definition) is 1. The minimum atomic E-state index is 0.392.